The topological polar surface area (TPSA) is 136 Å². The first-order valence-electron chi connectivity index (χ1n) is 21.3. The molecule has 0 atom stereocenters. The minimum absolute atomic E-state index is 0.0189. The number of thioether (sulfide) groups is 8. The summed E-state index contributed by atoms with van der Waals surface area (Å²) in [5.41, 5.74) is -0.116. The predicted molar refractivity (Wildman–Crippen MR) is 263 cm³/mol. The van der Waals surface area contributed by atoms with Crippen molar-refractivity contribution in [1.82, 2.24) is 0 Å². The Balaban J connectivity index is 1.55. The van der Waals surface area contributed by atoms with Crippen LogP contribution in [0.15, 0.2) is 39.2 Å². The largest absolute Gasteiger partial charge is 0.462 e. The van der Waals surface area contributed by atoms with Crippen molar-refractivity contribution >= 4 is 112 Å². The molecule has 19 heteroatoms. The molecule has 6 aliphatic rings. The van der Waals surface area contributed by atoms with Crippen LogP contribution < -0.4 is 18.9 Å². The average molecular weight is 1040 g/mol. The van der Waals surface area contributed by atoms with Crippen molar-refractivity contribution in [2.24, 2.45) is 0 Å². The second kappa shape index (κ2) is 15.8. The molecule has 0 fully saturated rings. The van der Waals surface area contributed by atoms with Crippen molar-refractivity contribution < 1.29 is 52.6 Å². The fourth-order valence-electron chi connectivity index (χ4n) is 8.75. The fourth-order valence-corrected chi connectivity index (χ4v) is 20.7. The lowest BCUT2D eigenvalue weighted by Gasteiger charge is -2.37. The molecular weight excluding hydrogens is 985 g/mol. The first-order chi connectivity index (χ1) is 30.1. The normalized spacial score (nSPS) is 21.1. The van der Waals surface area contributed by atoms with E-state index in [1.807, 2.05) is 0 Å². The molecule has 65 heavy (non-hydrogen) atoms. The molecule has 0 bridgehead atoms. The van der Waals surface area contributed by atoms with Gasteiger partial charge in [0.15, 0.2) is 34.2 Å². The molecule has 0 aliphatic carbocycles. The van der Waals surface area contributed by atoms with Crippen molar-refractivity contribution in [2.45, 2.75) is 177 Å². The van der Waals surface area contributed by atoms with E-state index < -0.39 is 51.4 Å². The third kappa shape index (κ3) is 7.82. The summed E-state index contributed by atoms with van der Waals surface area (Å²) in [4.78, 5) is 48.6. The molecule has 0 radical (unpaired) electrons. The summed E-state index contributed by atoms with van der Waals surface area (Å²) in [6.45, 7) is 29.5. The van der Waals surface area contributed by atoms with Gasteiger partial charge in [-0.05, 0) is 76.2 Å². The van der Waals surface area contributed by atoms with Gasteiger partial charge in [-0.25, -0.2) is 14.4 Å². The average Bonchev–Trinajstić information content (AvgIpc) is 3.96. The van der Waals surface area contributed by atoms with Crippen LogP contribution in [0, 0.1) is 0 Å². The molecule has 0 saturated carbocycles. The Hall–Kier alpha value is -1.97. The van der Waals surface area contributed by atoms with Crippen molar-refractivity contribution in [3.05, 3.63) is 33.4 Å². The van der Waals surface area contributed by atoms with Crippen LogP contribution in [0.2, 0.25) is 0 Å². The van der Waals surface area contributed by atoms with E-state index in [0.717, 1.165) is 0 Å². The first kappa shape index (κ1) is 48.1. The minimum atomic E-state index is -2.25. The van der Waals surface area contributed by atoms with Gasteiger partial charge in [-0.15, -0.1) is 94.1 Å². The maximum atomic E-state index is 15.5. The number of esters is 3. The molecule has 0 amide bonds. The molecule has 3 aromatic carbocycles. The zero-order valence-corrected chi connectivity index (χ0v) is 45.4. The third-order valence-corrected chi connectivity index (χ3v) is 22.0. The molecule has 0 saturated heterocycles. The number of carbonyl (C=O) groups excluding carboxylic acids is 3. The van der Waals surface area contributed by atoms with Gasteiger partial charge in [0.2, 0.25) is 11.6 Å². The quantitative estimate of drug-likeness (QED) is 0.123. The van der Waals surface area contributed by atoms with Gasteiger partial charge in [-0.2, -0.15) is 0 Å². The van der Waals surface area contributed by atoms with Gasteiger partial charge in [0, 0.05) is 78.0 Å². The summed E-state index contributed by atoms with van der Waals surface area (Å²) in [5, 5.41) is 15.5. The Morgan fingerprint density at radius 2 is 0.662 bits per heavy atom. The number of hydrogen-bond donors (Lipinski definition) is 1. The molecule has 350 valence electrons. The molecule has 6 heterocycles. The van der Waals surface area contributed by atoms with E-state index >= 15 is 5.11 Å². The van der Waals surface area contributed by atoms with Gasteiger partial charge < -0.3 is 38.3 Å². The van der Waals surface area contributed by atoms with Crippen LogP contribution in [0.1, 0.15) is 152 Å². The number of rotatable bonds is 9. The van der Waals surface area contributed by atoms with E-state index in [-0.39, 0.29) is 53.9 Å². The van der Waals surface area contributed by atoms with E-state index in [0.29, 0.717) is 61.4 Å². The molecule has 1 N–H and O–H groups in total. The molecule has 0 aromatic heterocycles. The molecule has 9 rings (SSSR count). The maximum absolute atomic E-state index is 15.5. The summed E-state index contributed by atoms with van der Waals surface area (Å²) in [6, 6.07) is 0. The number of aliphatic hydroxyl groups is 1. The van der Waals surface area contributed by atoms with Gasteiger partial charge in [-0.1, -0.05) is 0 Å². The number of benzene rings is 3. The predicted octanol–water partition coefficient (Wildman–Crippen LogP) is 13.3. The lowest BCUT2D eigenvalue weighted by Crippen LogP contribution is -2.36. The van der Waals surface area contributed by atoms with E-state index in [2.05, 4.69) is 55.4 Å². The number of carbonyl (C=O) groups is 3. The maximum Gasteiger partial charge on any atom is 0.346 e. The zero-order valence-electron chi connectivity index (χ0n) is 38.9. The second-order valence-corrected chi connectivity index (χ2v) is 32.8. The molecule has 11 nitrogen and oxygen atoms in total. The first-order valence-corrected chi connectivity index (χ1v) is 27.9. The van der Waals surface area contributed by atoms with Crippen LogP contribution in [-0.2, 0) is 19.8 Å². The summed E-state index contributed by atoms with van der Waals surface area (Å²) < 4.78 is 42.3. The highest BCUT2D eigenvalue weighted by molar-refractivity contribution is 8.22. The second-order valence-electron chi connectivity index (χ2n) is 18.7. The van der Waals surface area contributed by atoms with Crippen LogP contribution in [0.5, 0.6) is 23.0 Å². The summed E-state index contributed by atoms with van der Waals surface area (Å²) in [6.07, 6.45) is 0. The highest BCUT2D eigenvalue weighted by Crippen LogP contribution is 2.74. The summed E-state index contributed by atoms with van der Waals surface area (Å²) in [7, 11) is 0. The van der Waals surface area contributed by atoms with E-state index in [1.165, 1.54) is 0 Å². The third-order valence-electron chi connectivity index (χ3n) is 10.7. The molecular formula is C46H52O11S8. The smallest absolute Gasteiger partial charge is 0.346 e. The molecule has 3 aromatic rings. The lowest BCUT2D eigenvalue weighted by atomic mass is 9.77. The highest BCUT2D eigenvalue weighted by Gasteiger charge is 2.60. The van der Waals surface area contributed by atoms with E-state index in [1.54, 1.807) is 143 Å². The monoisotopic (exact) mass is 1040 g/mol. The van der Waals surface area contributed by atoms with Gasteiger partial charge in [0.25, 0.3) is 0 Å². The van der Waals surface area contributed by atoms with Crippen LogP contribution in [0.25, 0.3) is 0 Å². The van der Waals surface area contributed by atoms with Gasteiger partial charge in [0.05, 0.1) is 52.8 Å². The van der Waals surface area contributed by atoms with Crippen molar-refractivity contribution in [3.63, 3.8) is 0 Å². The summed E-state index contributed by atoms with van der Waals surface area (Å²) >= 11 is 12.5. The summed E-state index contributed by atoms with van der Waals surface area (Å²) in [5.74, 6) is -3.99. The van der Waals surface area contributed by atoms with Crippen LogP contribution >= 0.6 is 94.1 Å². The Morgan fingerprint density at radius 1 is 0.415 bits per heavy atom. The minimum Gasteiger partial charge on any atom is -0.462 e. The Kier molecular flexibility index (Phi) is 11.7. The Labute approximate surface area is 414 Å². The van der Waals surface area contributed by atoms with Crippen LogP contribution in [0.3, 0.4) is 0 Å². The lowest BCUT2D eigenvalue weighted by molar-refractivity contribution is -0.0516. The van der Waals surface area contributed by atoms with Gasteiger partial charge >= 0.3 is 17.9 Å². The standard InChI is InChI=1S/C46H52O11S8/c1-16-51-37(47)19-25-27(56-40(4,5)54-25)22(28-26(19)55-41(6,7)57-28)46(50,23-33-29(58-42(8,9)62-33)20(38(48)52-17-2)30-34(23)63-43(10,11)59-30)24-35-31(60-44(12,13)64-35)21(39(49)53-18-3)32-36(24)65-45(14,15)61-32/h50H,16-18H2,1-15H3. The van der Waals surface area contributed by atoms with Crippen molar-refractivity contribution in [3.8, 4) is 23.0 Å². The fraction of sp³-hybridized carbons (Fsp3) is 0.543. The van der Waals surface area contributed by atoms with E-state index in [9.17, 15) is 14.4 Å². The Bertz CT molecular complexity index is 2230. The van der Waals surface area contributed by atoms with Gasteiger partial charge in [-0.3, -0.25) is 0 Å². The van der Waals surface area contributed by atoms with Crippen molar-refractivity contribution in [1.29, 1.82) is 0 Å². The molecule has 0 spiro atoms. The van der Waals surface area contributed by atoms with Crippen LogP contribution in [-0.4, -0.2) is 70.7 Å². The number of ether oxygens (including phenoxy) is 7. The van der Waals surface area contributed by atoms with Gasteiger partial charge in [0.1, 0.15) is 0 Å². The van der Waals surface area contributed by atoms with E-state index in [4.69, 9.17) is 33.2 Å². The highest BCUT2D eigenvalue weighted by atomic mass is 32.2. The molecule has 6 aliphatic heterocycles. The number of hydrogen-bond acceptors (Lipinski definition) is 19. The molecule has 0 unspecified atom stereocenters. The number of fused-ring (bicyclic) bond motifs is 6. The SMILES string of the molecule is CCOC(=O)c1c2c(c(C(O)(c3c4c(c(C(=O)OCC)c5c3SC(C)(C)S5)SC(C)(C)S4)c3c4c(c(C(=O)OCC)c5c3SC(C)(C)S5)SC(C)(C)S4)c3c1OC(C)(C)O3)OC(C)(C)O2. The zero-order chi connectivity index (χ0) is 47.4. The van der Waals surface area contributed by atoms with Crippen LogP contribution in [0.4, 0.5) is 0 Å². The van der Waals surface area contributed by atoms with Crippen molar-refractivity contribution in [2.75, 3.05) is 19.8 Å². The Morgan fingerprint density at radius 3 is 0.938 bits per heavy atom.